The van der Waals surface area contributed by atoms with Crippen molar-refractivity contribution in [2.75, 3.05) is 7.11 Å². The van der Waals surface area contributed by atoms with Crippen LogP contribution < -0.4 is 4.74 Å². The first-order valence-corrected chi connectivity index (χ1v) is 6.36. The highest BCUT2D eigenvalue weighted by Gasteiger charge is 2.14. The Morgan fingerprint density at radius 2 is 2.21 bits per heavy atom. The molecule has 3 nitrogen and oxygen atoms in total. The van der Waals surface area contributed by atoms with Crippen LogP contribution in [0.1, 0.15) is 15.9 Å². The van der Waals surface area contributed by atoms with Crippen LogP contribution in [0.3, 0.4) is 0 Å². The van der Waals surface area contributed by atoms with Gasteiger partial charge in [0.25, 0.3) is 0 Å². The molecule has 0 aliphatic rings. The number of carbonyl (C=O) groups excluding carboxylic acids is 1. The largest absolute Gasteiger partial charge is 0.494 e. The maximum Gasteiger partial charge on any atom is 0.171 e. The summed E-state index contributed by atoms with van der Waals surface area (Å²) in [4.78, 5) is 16.0. The van der Waals surface area contributed by atoms with Crippen LogP contribution >= 0.6 is 15.9 Å². The number of hydrogen-bond donors (Lipinski definition) is 0. The predicted molar refractivity (Wildman–Crippen MR) is 72.9 cm³/mol. The molecule has 0 unspecified atom stereocenters. The Morgan fingerprint density at radius 1 is 1.42 bits per heavy atom. The van der Waals surface area contributed by atoms with E-state index in [0.29, 0.717) is 21.3 Å². The number of aromatic nitrogens is 1. The summed E-state index contributed by atoms with van der Waals surface area (Å²) in [6.45, 7) is 0. The summed E-state index contributed by atoms with van der Waals surface area (Å²) in [7, 11) is 1.47. The molecule has 19 heavy (non-hydrogen) atoms. The lowest BCUT2D eigenvalue weighted by atomic mass is 10.0. The van der Waals surface area contributed by atoms with Gasteiger partial charge in [0, 0.05) is 17.1 Å². The zero-order valence-corrected chi connectivity index (χ0v) is 11.8. The maximum atomic E-state index is 13.7. The predicted octanol–water partition coefficient (Wildman–Crippen LogP) is 3.42. The van der Waals surface area contributed by atoms with E-state index in [0.717, 1.165) is 0 Å². The van der Waals surface area contributed by atoms with Crippen LogP contribution in [0.4, 0.5) is 4.39 Å². The summed E-state index contributed by atoms with van der Waals surface area (Å²) in [5.74, 6) is -0.221. The number of ether oxygens (including phenoxy) is 1. The molecule has 2 aromatic rings. The van der Waals surface area contributed by atoms with Gasteiger partial charge in [-0.3, -0.25) is 9.78 Å². The number of ketones is 1. The molecule has 1 heterocycles. The van der Waals surface area contributed by atoms with E-state index in [4.69, 9.17) is 4.74 Å². The first-order chi connectivity index (χ1) is 9.11. The second-order valence-electron chi connectivity index (χ2n) is 3.91. The van der Waals surface area contributed by atoms with Gasteiger partial charge in [-0.2, -0.15) is 0 Å². The third-order valence-corrected chi connectivity index (χ3v) is 3.16. The molecular formula is C14H11BrFNO2. The number of hydrogen-bond acceptors (Lipinski definition) is 3. The van der Waals surface area contributed by atoms with Gasteiger partial charge in [0.1, 0.15) is 11.6 Å². The fourth-order valence-corrected chi connectivity index (χ4v) is 2.04. The van der Waals surface area contributed by atoms with E-state index in [9.17, 15) is 9.18 Å². The van der Waals surface area contributed by atoms with Crippen LogP contribution in [0.15, 0.2) is 41.1 Å². The maximum absolute atomic E-state index is 13.7. The van der Waals surface area contributed by atoms with Crippen molar-refractivity contribution in [3.8, 4) is 5.75 Å². The van der Waals surface area contributed by atoms with Crippen LogP contribution in [-0.2, 0) is 6.42 Å². The Morgan fingerprint density at radius 3 is 2.89 bits per heavy atom. The quantitative estimate of drug-likeness (QED) is 0.809. The second-order valence-corrected chi connectivity index (χ2v) is 4.83. The average molecular weight is 324 g/mol. The minimum absolute atomic E-state index is 0.0144. The number of Topliss-reactive ketones (excluding diaryl/α,β-unsaturated/α-hetero) is 1. The van der Waals surface area contributed by atoms with Crippen molar-refractivity contribution in [3.05, 3.63) is 58.1 Å². The van der Waals surface area contributed by atoms with Crippen LogP contribution in [0.2, 0.25) is 0 Å². The zero-order valence-electron chi connectivity index (χ0n) is 10.2. The molecule has 0 saturated heterocycles. The number of benzene rings is 1. The van der Waals surface area contributed by atoms with Crippen LogP contribution in [0.5, 0.6) is 5.75 Å². The monoisotopic (exact) mass is 323 g/mol. The molecule has 0 aliphatic heterocycles. The SMILES string of the molecule is COc1cnccc1C(=O)Cc1ccc(Br)cc1F. The van der Waals surface area contributed by atoms with E-state index in [1.165, 1.54) is 25.6 Å². The Bertz CT molecular complexity index is 616. The van der Waals surface area contributed by atoms with Gasteiger partial charge in [-0.25, -0.2) is 4.39 Å². The van der Waals surface area contributed by atoms with E-state index < -0.39 is 5.82 Å². The second kappa shape index (κ2) is 5.93. The molecule has 0 aliphatic carbocycles. The van der Waals surface area contributed by atoms with E-state index in [1.54, 1.807) is 18.2 Å². The number of carbonyl (C=O) groups is 1. The van der Waals surface area contributed by atoms with Crippen molar-refractivity contribution in [1.82, 2.24) is 4.98 Å². The number of nitrogens with zero attached hydrogens (tertiary/aromatic N) is 1. The van der Waals surface area contributed by atoms with Gasteiger partial charge in [-0.05, 0) is 23.8 Å². The molecule has 0 fully saturated rings. The van der Waals surface area contributed by atoms with Crippen molar-refractivity contribution >= 4 is 21.7 Å². The Kier molecular flexibility index (Phi) is 4.27. The highest BCUT2D eigenvalue weighted by atomic mass is 79.9. The Labute approximate surface area is 118 Å². The molecule has 1 aromatic carbocycles. The first kappa shape index (κ1) is 13.7. The number of rotatable bonds is 4. The summed E-state index contributed by atoms with van der Waals surface area (Å²) in [5, 5.41) is 0. The molecule has 1 aromatic heterocycles. The molecular weight excluding hydrogens is 313 g/mol. The van der Waals surface area contributed by atoms with E-state index >= 15 is 0 Å². The minimum Gasteiger partial charge on any atom is -0.494 e. The van der Waals surface area contributed by atoms with Crippen LogP contribution in [0.25, 0.3) is 0 Å². The van der Waals surface area contributed by atoms with Gasteiger partial charge in [-0.15, -0.1) is 0 Å². The highest BCUT2D eigenvalue weighted by Crippen LogP contribution is 2.21. The fourth-order valence-electron chi connectivity index (χ4n) is 1.71. The molecule has 0 radical (unpaired) electrons. The van der Waals surface area contributed by atoms with Crippen LogP contribution in [0, 0.1) is 5.82 Å². The molecule has 0 spiro atoms. The normalized spacial score (nSPS) is 10.3. The first-order valence-electron chi connectivity index (χ1n) is 5.57. The number of pyridine rings is 1. The molecule has 0 N–H and O–H groups in total. The van der Waals surface area contributed by atoms with Crippen molar-refractivity contribution in [1.29, 1.82) is 0 Å². The summed E-state index contributed by atoms with van der Waals surface area (Å²) < 4.78 is 19.4. The third-order valence-electron chi connectivity index (χ3n) is 2.67. The summed E-state index contributed by atoms with van der Waals surface area (Å²) in [6, 6.07) is 6.20. The van der Waals surface area contributed by atoms with E-state index in [1.807, 2.05) is 0 Å². The molecule has 2 rings (SSSR count). The van der Waals surface area contributed by atoms with Crippen molar-refractivity contribution < 1.29 is 13.9 Å². The molecule has 0 bridgehead atoms. The lowest BCUT2D eigenvalue weighted by molar-refractivity contribution is 0.0988. The Hall–Kier alpha value is -1.75. The van der Waals surface area contributed by atoms with Crippen molar-refractivity contribution in [2.24, 2.45) is 0 Å². The molecule has 5 heteroatoms. The molecule has 0 saturated carbocycles. The third kappa shape index (κ3) is 3.17. The molecule has 0 atom stereocenters. The van der Waals surface area contributed by atoms with Crippen LogP contribution in [-0.4, -0.2) is 17.9 Å². The lowest BCUT2D eigenvalue weighted by Crippen LogP contribution is -2.07. The van der Waals surface area contributed by atoms with Crippen molar-refractivity contribution in [2.45, 2.75) is 6.42 Å². The topological polar surface area (TPSA) is 39.2 Å². The fraction of sp³-hybridized carbons (Fsp3) is 0.143. The van der Waals surface area contributed by atoms with Crippen molar-refractivity contribution in [3.63, 3.8) is 0 Å². The lowest BCUT2D eigenvalue weighted by Gasteiger charge is -2.07. The minimum atomic E-state index is -0.407. The standard InChI is InChI=1S/C14H11BrFNO2/c1-19-14-8-17-5-4-11(14)13(18)6-9-2-3-10(15)7-12(9)16/h2-5,7-8H,6H2,1H3. The molecule has 98 valence electrons. The molecule has 0 amide bonds. The average Bonchev–Trinajstić information content (AvgIpc) is 2.41. The number of halogens is 2. The smallest absolute Gasteiger partial charge is 0.171 e. The Balaban J connectivity index is 2.26. The van der Waals surface area contributed by atoms with E-state index in [2.05, 4.69) is 20.9 Å². The van der Waals surface area contributed by atoms with Gasteiger partial charge >= 0.3 is 0 Å². The van der Waals surface area contributed by atoms with Gasteiger partial charge in [0.2, 0.25) is 0 Å². The highest BCUT2D eigenvalue weighted by molar-refractivity contribution is 9.10. The summed E-state index contributed by atoms with van der Waals surface area (Å²) >= 11 is 3.18. The zero-order chi connectivity index (χ0) is 13.8. The van der Waals surface area contributed by atoms with Gasteiger partial charge in [-0.1, -0.05) is 22.0 Å². The number of methoxy groups -OCH3 is 1. The van der Waals surface area contributed by atoms with E-state index in [-0.39, 0.29) is 12.2 Å². The van der Waals surface area contributed by atoms with Gasteiger partial charge in [0.15, 0.2) is 5.78 Å². The van der Waals surface area contributed by atoms with Gasteiger partial charge < -0.3 is 4.74 Å². The summed E-state index contributed by atoms with van der Waals surface area (Å²) in [5.41, 5.74) is 0.756. The van der Waals surface area contributed by atoms with Gasteiger partial charge in [0.05, 0.1) is 18.9 Å². The summed E-state index contributed by atoms with van der Waals surface area (Å²) in [6.07, 6.45) is 2.96.